The first-order chi connectivity index (χ1) is 9.92. The zero-order chi connectivity index (χ0) is 15.9. The van der Waals surface area contributed by atoms with Gasteiger partial charge in [0.1, 0.15) is 6.10 Å². The van der Waals surface area contributed by atoms with E-state index in [9.17, 15) is 14.7 Å². The van der Waals surface area contributed by atoms with Gasteiger partial charge >= 0.3 is 5.97 Å². The summed E-state index contributed by atoms with van der Waals surface area (Å²) in [5.74, 6) is -1.50. The van der Waals surface area contributed by atoms with Crippen LogP contribution in [0.3, 0.4) is 0 Å². The molecule has 2 N–H and O–H groups in total. The van der Waals surface area contributed by atoms with Gasteiger partial charge in [0.2, 0.25) is 5.91 Å². The van der Waals surface area contributed by atoms with E-state index in [4.69, 9.17) is 9.47 Å². The maximum Gasteiger partial charge on any atom is 0.331 e. The van der Waals surface area contributed by atoms with Gasteiger partial charge in [-0.15, -0.1) is 0 Å². The average Bonchev–Trinajstić information content (AvgIpc) is 2.45. The number of carboxylic acid groups (broad SMARTS) is 1. The van der Waals surface area contributed by atoms with Crippen LogP contribution in [0.25, 0.3) is 0 Å². The second kappa shape index (κ2) is 8.34. The number of carbonyl (C=O) groups excluding carboxylic acids is 1. The lowest BCUT2D eigenvalue weighted by molar-refractivity contribution is -0.153. The second-order valence-electron chi connectivity index (χ2n) is 5.85. The van der Waals surface area contributed by atoms with Gasteiger partial charge in [-0.05, 0) is 26.2 Å². The number of carbonyl (C=O) groups is 2. The fourth-order valence-corrected chi connectivity index (χ4v) is 2.57. The molecule has 1 aliphatic rings. The van der Waals surface area contributed by atoms with Crippen molar-refractivity contribution < 1.29 is 24.2 Å². The maximum absolute atomic E-state index is 12.3. The molecule has 2 unspecified atom stereocenters. The molecule has 1 saturated carbocycles. The van der Waals surface area contributed by atoms with Gasteiger partial charge in [0.05, 0.1) is 12.7 Å². The third kappa shape index (κ3) is 5.28. The number of nitrogens with one attached hydrogen (secondary N) is 1. The molecule has 1 aliphatic carbocycles. The van der Waals surface area contributed by atoms with Gasteiger partial charge in [-0.2, -0.15) is 0 Å². The van der Waals surface area contributed by atoms with Gasteiger partial charge in [-0.25, -0.2) is 4.79 Å². The standard InChI is InChI=1S/C15H27NO5/c1-4-12(21-11-8-6-5-7-9-11)13(17)16-15(2,10-20-3)14(18)19/h11-12H,4-10H2,1-3H3,(H,16,17)(H,18,19). The molecule has 1 rings (SSSR count). The molecule has 0 aromatic carbocycles. The monoisotopic (exact) mass is 301 g/mol. The van der Waals surface area contributed by atoms with E-state index in [1.165, 1.54) is 20.5 Å². The van der Waals surface area contributed by atoms with Crippen molar-refractivity contribution in [1.82, 2.24) is 5.32 Å². The van der Waals surface area contributed by atoms with Crippen molar-refractivity contribution in [3.63, 3.8) is 0 Å². The number of aliphatic carboxylic acids is 1. The van der Waals surface area contributed by atoms with Crippen LogP contribution < -0.4 is 5.32 Å². The van der Waals surface area contributed by atoms with E-state index in [1.807, 2.05) is 6.92 Å². The molecule has 1 amide bonds. The lowest BCUT2D eigenvalue weighted by Crippen LogP contribution is -2.58. The number of hydrogen-bond acceptors (Lipinski definition) is 4. The van der Waals surface area contributed by atoms with Crippen molar-refractivity contribution in [3.8, 4) is 0 Å². The quantitative estimate of drug-likeness (QED) is 0.713. The van der Waals surface area contributed by atoms with Gasteiger partial charge in [-0.3, -0.25) is 4.79 Å². The minimum absolute atomic E-state index is 0.0893. The summed E-state index contributed by atoms with van der Waals surface area (Å²) in [7, 11) is 1.41. The topological polar surface area (TPSA) is 84.9 Å². The molecule has 0 spiro atoms. The van der Waals surface area contributed by atoms with Crippen LogP contribution in [0.4, 0.5) is 0 Å². The highest BCUT2D eigenvalue weighted by Gasteiger charge is 2.37. The van der Waals surface area contributed by atoms with Crippen LogP contribution in [0.2, 0.25) is 0 Å². The van der Waals surface area contributed by atoms with E-state index in [2.05, 4.69) is 5.32 Å². The van der Waals surface area contributed by atoms with Gasteiger partial charge in [0.25, 0.3) is 0 Å². The van der Waals surface area contributed by atoms with Crippen molar-refractivity contribution >= 4 is 11.9 Å². The molecular weight excluding hydrogens is 274 g/mol. The van der Waals surface area contributed by atoms with E-state index in [0.717, 1.165) is 25.7 Å². The lowest BCUT2D eigenvalue weighted by atomic mass is 9.97. The Bertz CT molecular complexity index is 354. The SMILES string of the molecule is CCC(OC1CCCCC1)C(=O)NC(C)(COC)C(=O)O. The van der Waals surface area contributed by atoms with Crippen molar-refractivity contribution in [2.45, 2.75) is 70.1 Å². The van der Waals surface area contributed by atoms with Gasteiger partial charge < -0.3 is 19.9 Å². The summed E-state index contributed by atoms with van der Waals surface area (Å²) >= 11 is 0. The van der Waals surface area contributed by atoms with Gasteiger partial charge in [0.15, 0.2) is 5.54 Å². The maximum atomic E-state index is 12.3. The number of amides is 1. The molecule has 0 aromatic heterocycles. The molecule has 6 heteroatoms. The second-order valence-corrected chi connectivity index (χ2v) is 5.85. The molecule has 21 heavy (non-hydrogen) atoms. The minimum Gasteiger partial charge on any atom is -0.479 e. The summed E-state index contributed by atoms with van der Waals surface area (Å²) in [4.78, 5) is 23.6. The third-order valence-electron chi connectivity index (χ3n) is 3.88. The van der Waals surface area contributed by atoms with Crippen molar-refractivity contribution in [2.75, 3.05) is 13.7 Å². The van der Waals surface area contributed by atoms with E-state index in [1.54, 1.807) is 0 Å². The number of methoxy groups -OCH3 is 1. The highest BCUT2D eigenvalue weighted by Crippen LogP contribution is 2.22. The number of rotatable bonds is 8. The van der Waals surface area contributed by atoms with E-state index in [0.29, 0.717) is 6.42 Å². The Morgan fingerprint density at radius 1 is 1.33 bits per heavy atom. The Morgan fingerprint density at radius 2 is 1.95 bits per heavy atom. The molecule has 0 radical (unpaired) electrons. The molecule has 122 valence electrons. The Kier molecular flexibility index (Phi) is 7.11. The van der Waals surface area contributed by atoms with Gasteiger partial charge in [0, 0.05) is 7.11 Å². The van der Waals surface area contributed by atoms with E-state index < -0.39 is 17.6 Å². The van der Waals surface area contributed by atoms with E-state index >= 15 is 0 Å². The van der Waals surface area contributed by atoms with Crippen molar-refractivity contribution in [3.05, 3.63) is 0 Å². The first-order valence-electron chi connectivity index (χ1n) is 7.62. The minimum atomic E-state index is -1.44. The fraction of sp³-hybridized carbons (Fsp3) is 0.867. The summed E-state index contributed by atoms with van der Waals surface area (Å²) < 4.78 is 10.8. The Hall–Kier alpha value is -1.14. The van der Waals surface area contributed by atoms with Crippen LogP contribution in [-0.2, 0) is 19.1 Å². The molecule has 0 heterocycles. The summed E-state index contributed by atoms with van der Waals surface area (Å²) in [5, 5.41) is 11.8. The Morgan fingerprint density at radius 3 is 2.43 bits per heavy atom. The smallest absolute Gasteiger partial charge is 0.331 e. The number of carboxylic acids is 1. The predicted octanol–water partition coefficient (Wildman–Crippen LogP) is 1.72. The lowest BCUT2D eigenvalue weighted by Gasteiger charge is -2.30. The molecule has 0 saturated heterocycles. The summed E-state index contributed by atoms with van der Waals surface area (Å²) in [6.07, 6.45) is 5.42. The molecule has 0 bridgehead atoms. The molecule has 6 nitrogen and oxygen atoms in total. The molecule has 0 aliphatic heterocycles. The summed E-state index contributed by atoms with van der Waals surface area (Å²) in [6, 6.07) is 0. The molecular formula is C15H27NO5. The first-order valence-corrected chi connectivity index (χ1v) is 7.62. The number of hydrogen-bond donors (Lipinski definition) is 2. The van der Waals surface area contributed by atoms with Crippen LogP contribution in [0.5, 0.6) is 0 Å². The zero-order valence-electron chi connectivity index (χ0n) is 13.2. The normalized spacial score (nSPS) is 20.5. The molecule has 1 fully saturated rings. The van der Waals surface area contributed by atoms with Crippen molar-refractivity contribution in [2.24, 2.45) is 0 Å². The third-order valence-corrected chi connectivity index (χ3v) is 3.88. The van der Waals surface area contributed by atoms with Crippen LogP contribution in [0.1, 0.15) is 52.4 Å². The van der Waals surface area contributed by atoms with Gasteiger partial charge in [-0.1, -0.05) is 26.2 Å². The van der Waals surface area contributed by atoms with Crippen LogP contribution in [-0.4, -0.2) is 48.4 Å². The van der Waals surface area contributed by atoms with Crippen molar-refractivity contribution in [1.29, 1.82) is 0 Å². The van der Waals surface area contributed by atoms with E-state index in [-0.39, 0.29) is 18.6 Å². The highest BCUT2D eigenvalue weighted by molar-refractivity contribution is 5.88. The zero-order valence-corrected chi connectivity index (χ0v) is 13.2. The van der Waals surface area contributed by atoms with Crippen LogP contribution >= 0.6 is 0 Å². The highest BCUT2D eigenvalue weighted by atomic mass is 16.5. The Labute approximate surface area is 126 Å². The van der Waals surface area contributed by atoms with Crippen LogP contribution in [0.15, 0.2) is 0 Å². The first kappa shape index (κ1) is 17.9. The molecule has 0 aromatic rings. The predicted molar refractivity (Wildman–Crippen MR) is 78.1 cm³/mol. The Balaban J connectivity index is 2.62. The number of ether oxygens (including phenoxy) is 2. The summed E-state index contributed by atoms with van der Waals surface area (Å²) in [5.41, 5.74) is -1.44. The molecule has 2 atom stereocenters. The summed E-state index contributed by atoms with van der Waals surface area (Å²) in [6.45, 7) is 3.21. The largest absolute Gasteiger partial charge is 0.479 e. The average molecular weight is 301 g/mol. The van der Waals surface area contributed by atoms with Crippen LogP contribution in [0, 0.1) is 0 Å². The fourth-order valence-electron chi connectivity index (χ4n) is 2.57.